The third-order valence-electron chi connectivity index (χ3n) is 3.36. The van der Waals surface area contributed by atoms with Gasteiger partial charge in [-0.1, -0.05) is 0 Å². The molecule has 0 saturated carbocycles. The smallest absolute Gasteiger partial charge is 0.191 e. The number of piperazine rings is 1. The molecule has 0 unspecified atom stereocenters. The van der Waals surface area contributed by atoms with Crippen molar-refractivity contribution < 1.29 is 0 Å². The normalized spacial score (nSPS) is 15.8. The first-order chi connectivity index (χ1) is 10.2. The number of aryl methyl sites for hydroxylation is 1. The quantitative estimate of drug-likeness (QED) is 0.441. The number of anilines is 1. The Morgan fingerprint density at radius 3 is 2.68 bits per heavy atom. The molecule has 6 nitrogen and oxygen atoms in total. The summed E-state index contributed by atoms with van der Waals surface area (Å²) in [5, 5.41) is 4.16. The minimum atomic E-state index is 0. The van der Waals surface area contributed by atoms with E-state index in [1.807, 2.05) is 24.7 Å². The molecule has 22 heavy (non-hydrogen) atoms. The highest BCUT2D eigenvalue weighted by Crippen LogP contribution is 2.19. The molecule has 2 aromatic rings. The summed E-state index contributed by atoms with van der Waals surface area (Å²) >= 11 is 3.35. The van der Waals surface area contributed by atoms with Crippen LogP contribution in [0.25, 0.3) is 0 Å². The second-order valence-corrected chi connectivity index (χ2v) is 7.00. The van der Waals surface area contributed by atoms with E-state index in [0.717, 1.165) is 41.2 Å². The zero-order valence-corrected chi connectivity index (χ0v) is 16.3. The lowest BCUT2D eigenvalue weighted by atomic mass is 10.3. The van der Waals surface area contributed by atoms with E-state index in [2.05, 4.69) is 24.8 Å². The first kappa shape index (κ1) is 17.4. The Kier molecular flexibility index (Phi) is 6.38. The third-order valence-corrected chi connectivity index (χ3v) is 5.09. The molecule has 1 fully saturated rings. The SMILES string of the molecule is Cc1ncc(CN=C(N)N2CCN(c3nccs3)CC2)s1.I. The summed E-state index contributed by atoms with van der Waals surface area (Å²) in [7, 11) is 0. The highest BCUT2D eigenvalue weighted by molar-refractivity contribution is 14.0. The summed E-state index contributed by atoms with van der Waals surface area (Å²) in [5.41, 5.74) is 6.10. The molecule has 9 heteroatoms. The zero-order chi connectivity index (χ0) is 14.7. The molecular formula is C13H19IN6S2. The van der Waals surface area contributed by atoms with Gasteiger partial charge in [-0.25, -0.2) is 15.0 Å². The average Bonchev–Trinajstić information content (AvgIpc) is 3.16. The van der Waals surface area contributed by atoms with Crippen LogP contribution in [0, 0.1) is 6.92 Å². The van der Waals surface area contributed by atoms with Crippen LogP contribution in [0.4, 0.5) is 5.13 Å². The predicted octanol–water partition coefficient (Wildman–Crippen LogP) is 2.16. The van der Waals surface area contributed by atoms with E-state index >= 15 is 0 Å². The van der Waals surface area contributed by atoms with E-state index < -0.39 is 0 Å². The average molecular weight is 450 g/mol. The largest absolute Gasteiger partial charge is 0.370 e. The van der Waals surface area contributed by atoms with Gasteiger partial charge in [-0.15, -0.1) is 46.7 Å². The number of aliphatic imine (C=N–C) groups is 1. The van der Waals surface area contributed by atoms with E-state index in [0.29, 0.717) is 12.5 Å². The Morgan fingerprint density at radius 1 is 1.32 bits per heavy atom. The number of nitrogens with two attached hydrogens (primary N) is 1. The van der Waals surface area contributed by atoms with Crippen molar-refractivity contribution in [2.75, 3.05) is 31.1 Å². The fourth-order valence-electron chi connectivity index (χ4n) is 2.24. The van der Waals surface area contributed by atoms with Crippen molar-refractivity contribution in [1.29, 1.82) is 0 Å². The van der Waals surface area contributed by atoms with Crippen LogP contribution in [0.15, 0.2) is 22.8 Å². The van der Waals surface area contributed by atoms with E-state index in [1.54, 1.807) is 22.7 Å². The second-order valence-electron chi connectivity index (χ2n) is 4.81. The van der Waals surface area contributed by atoms with Crippen LogP contribution in [-0.2, 0) is 6.54 Å². The van der Waals surface area contributed by atoms with Crippen LogP contribution in [0.1, 0.15) is 9.88 Å². The molecule has 0 amide bonds. The van der Waals surface area contributed by atoms with Gasteiger partial charge >= 0.3 is 0 Å². The van der Waals surface area contributed by atoms with Gasteiger partial charge < -0.3 is 15.5 Å². The summed E-state index contributed by atoms with van der Waals surface area (Å²) in [6.07, 6.45) is 3.72. The molecule has 3 rings (SSSR count). The Morgan fingerprint density at radius 2 is 2.09 bits per heavy atom. The second kappa shape index (κ2) is 8.06. The van der Waals surface area contributed by atoms with Crippen LogP contribution in [0.2, 0.25) is 0 Å². The van der Waals surface area contributed by atoms with Crippen LogP contribution in [-0.4, -0.2) is 47.0 Å². The van der Waals surface area contributed by atoms with Crippen molar-refractivity contribution >= 4 is 57.7 Å². The Balaban J connectivity index is 0.00000176. The van der Waals surface area contributed by atoms with Gasteiger partial charge in [0, 0.05) is 48.8 Å². The first-order valence-corrected chi connectivity index (χ1v) is 8.52. The Bertz CT molecular complexity index is 604. The van der Waals surface area contributed by atoms with Gasteiger partial charge in [-0.2, -0.15) is 0 Å². The number of thiazole rings is 2. The molecule has 2 aromatic heterocycles. The summed E-state index contributed by atoms with van der Waals surface area (Å²) in [4.78, 5) is 18.6. The van der Waals surface area contributed by atoms with Gasteiger partial charge in [0.25, 0.3) is 0 Å². The maximum atomic E-state index is 6.10. The van der Waals surface area contributed by atoms with Crippen molar-refractivity contribution in [2.45, 2.75) is 13.5 Å². The maximum absolute atomic E-state index is 6.10. The van der Waals surface area contributed by atoms with E-state index in [-0.39, 0.29) is 24.0 Å². The summed E-state index contributed by atoms with van der Waals surface area (Å²) in [6, 6.07) is 0. The summed E-state index contributed by atoms with van der Waals surface area (Å²) in [6.45, 7) is 6.25. The lowest BCUT2D eigenvalue weighted by molar-refractivity contribution is 0.380. The van der Waals surface area contributed by atoms with Gasteiger partial charge in [0.15, 0.2) is 11.1 Å². The molecule has 1 aliphatic heterocycles. The van der Waals surface area contributed by atoms with Gasteiger partial charge in [0.05, 0.1) is 11.6 Å². The molecule has 2 N–H and O–H groups in total. The molecular weight excluding hydrogens is 431 g/mol. The van der Waals surface area contributed by atoms with E-state index in [9.17, 15) is 0 Å². The van der Waals surface area contributed by atoms with Crippen LogP contribution in [0.3, 0.4) is 0 Å². The van der Waals surface area contributed by atoms with Crippen LogP contribution >= 0.6 is 46.7 Å². The lowest BCUT2D eigenvalue weighted by Crippen LogP contribution is -2.51. The standard InChI is InChI=1S/C13H18N6S2.HI/c1-10-16-8-11(21-10)9-17-12(14)18-3-5-19(6-4-18)13-15-2-7-20-13;/h2,7-8H,3-6,9H2,1H3,(H2,14,17);1H. The zero-order valence-electron chi connectivity index (χ0n) is 12.3. The molecule has 3 heterocycles. The van der Waals surface area contributed by atoms with Crippen molar-refractivity contribution in [2.24, 2.45) is 10.7 Å². The molecule has 0 radical (unpaired) electrons. The maximum Gasteiger partial charge on any atom is 0.191 e. The summed E-state index contributed by atoms with van der Waals surface area (Å²) < 4.78 is 0. The number of hydrogen-bond donors (Lipinski definition) is 1. The minimum absolute atomic E-state index is 0. The molecule has 1 aliphatic rings. The molecule has 0 spiro atoms. The molecule has 0 atom stereocenters. The molecule has 120 valence electrons. The van der Waals surface area contributed by atoms with Gasteiger partial charge in [0.1, 0.15) is 0 Å². The van der Waals surface area contributed by atoms with Crippen molar-refractivity contribution in [3.63, 3.8) is 0 Å². The van der Waals surface area contributed by atoms with Crippen molar-refractivity contribution in [3.05, 3.63) is 27.7 Å². The van der Waals surface area contributed by atoms with E-state index in [4.69, 9.17) is 5.73 Å². The topological polar surface area (TPSA) is 70.6 Å². The fraction of sp³-hybridized carbons (Fsp3) is 0.462. The van der Waals surface area contributed by atoms with Crippen molar-refractivity contribution in [3.8, 4) is 0 Å². The molecule has 1 saturated heterocycles. The van der Waals surface area contributed by atoms with Crippen LogP contribution < -0.4 is 10.6 Å². The molecule has 0 bridgehead atoms. The highest BCUT2D eigenvalue weighted by atomic mass is 127. The fourth-order valence-corrected chi connectivity index (χ4v) is 3.65. The molecule has 0 aromatic carbocycles. The van der Waals surface area contributed by atoms with Gasteiger partial charge in [0.2, 0.25) is 0 Å². The Labute approximate surface area is 155 Å². The number of rotatable bonds is 3. The monoisotopic (exact) mass is 450 g/mol. The third kappa shape index (κ3) is 4.29. The van der Waals surface area contributed by atoms with E-state index in [1.165, 1.54) is 0 Å². The van der Waals surface area contributed by atoms with Gasteiger partial charge in [-0.3, -0.25) is 0 Å². The number of nitrogens with zero attached hydrogens (tertiary/aromatic N) is 5. The molecule has 0 aliphatic carbocycles. The number of halogens is 1. The summed E-state index contributed by atoms with van der Waals surface area (Å²) in [5.74, 6) is 0.625. The van der Waals surface area contributed by atoms with Crippen molar-refractivity contribution in [1.82, 2.24) is 14.9 Å². The number of guanidine groups is 1. The minimum Gasteiger partial charge on any atom is -0.370 e. The first-order valence-electron chi connectivity index (χ1n) is 6.83. The predicted molar refractivity (Wildman–Crippen MR) is 103 cm³/mol. The van der Waals surface area contributed by atoms with Crippen LogP contribution in [0.5, 0.6) is 0 Å². The number of hydrogen-bond acceptors (Lipinski definition) is 6. The Hall–Kier alpha value is -0.940. The number of aromatic nitrogens is 2. The highest BCUT2D eigenvalue weighted by Gasteiger charge is 2.19. The van der Waals surface area contributed by atoms with Gasteiger partial charge in [-0.05, 0) is 6.92 Å². The lowest BCUT2D eigenvalue weighted by Gasteiger charge is -2.35.